The number of benzene rings is 3. The molecule has 0 N–H and O–H groups in total. The van der Waals surface area contributed by atoms with Gasteiger partial charge in [-0.1, -0.05) is 105 Å². The van der Waals surface area contributed by atoms with E-state index in [-0.39, 0.29) is 5.41 Å². The number of hydrogen-bond donors (Lipinski definition) is 0. The molecule has 2 heterocycles. The highest BCUT2D eigenvalue weighted by Gasteiger charge is 2.39. The van der Waals surface area contributed by atoms with Gasteiger partial charge in [0.15, 0.2) is 0 Å². The number of fused-ring (bicyclic) bond motifs is 5. The summed E-state index contributed by atoms with van der Waals surface area (Å²) < 4.78 is 2.51. The average Bonchev–Trinajstić information content (AvgIpc) is 3.46. The van der Waals surface area contributed by atoms with Crippen LogP contribution in [-0.2, 0) is 5.41 Å². The van der Waals surface area contributed by atoms with Gasteiger partial charge in [0.05, 0.1) is 11.2 Å². The van der Waals surface area contributed by atoms with Crippen molar-refractivity contribution in [2.45, 2.75) is 63.7 Å². The predicted octanol–water partition coefficient (Wildman–Crippen LogP) is 10.1. The largest absolute Gasteiger partial charge is 0.310 e. The van der Waals surface area contributed by atoms with E-state index in [0.29, 0.717) is 11.8 Å². The Kier molecular flexibility index (Phi) is 6.75. The zero-order chi connectivity index (χ0) is 31.5. The quantitative estimate of drug-likeness (QED) is 0.223. The Morgan fingerprint density at radius 3 is 2.38 bits per heavy atom. The first-order chi connectivity index (χ1) is 23.1. The molecule has 4 aliphatic carbocycles. The molecule has 1 aromatic heterocycles. The van der Waals surface area contributed by atoms with Crippen molar-refractivity contribution >= 4 is 34.4 Å². The van der Waals surface area contributed by atoms with Gasteiger partial charge in [0.1, 0.15) is 0 Å². The minimum absolute atomic E-state index is 0.0153. The van der Waals surface area contributed by atoms with Gasteiger partial charge in [-0.15, -0.1) is 0 Å². The Labute approximate surface area is 278 Å². The third kappa shape index (κ3) is 4.60. The summed E-state index contributed by atoms with van der Waals surface area (Å²) >= 11 is 0. The van der Waals surface area contributed by atoms with Crippen molar-refractivity contribution in [1.29, 1.82) is 0 Å². The fourth-order valence-electron chi connectivity index (χ4n) is 8.66. The average molecular weight is 611 g/mol. The van der Waals surface area contributed by atoms with Crippen LogP contribution in [0.2, 0.25) is 0 Å². The van der Waals surface area contributed by atoms with E-state index >= 15 is 0 Å². The zero-order valence-corrected chi connectivity index (χ0v) is 27.5. The van der Waals surface area contributed by atoms with E-state index in [0.717, 1.165) is 38.5 Å². The molecule has 5 aliphatic rings. The number of aromatic nitrogens is 1. The van der Waals surface area contributed by atoms with Crippen LogP contribution in [0, 0.1) is 5.92 Å². The minimum Gasteiger partial charge on any atom is -0.310 e. The first kappa shape index (κ1) is 28.4. The van der Waals surface area contributed by atoms with Crippen molar-refractivity contribution in [3.8, 4) is 5.69 Å². The molecule has 0 fully saturated rings. The van der Waals surface area contributed by atoms with Crippen LogP contribution in [0.1, 0.15) is 69.4 Å². The smallest absolute Gasteiger partial charge is 0.0541 e. The third-order valence-corrected chi connectivity index (χ3v) is 11.1. The van der Waals surface area contributed by atoms with E-state index < -0.39 is 0 Å². The lowest BCUT2D eigenvalue weighted by molar-refractivity contribution is 0.603. The van der Waals surface area contributed by atoms with Crippen LogP contribution in [-0.4, -0.2) is 4.57 Å². The number of para-hydroxylation sites is 1. The molecule has 0 saturated heterocycles. The van der Waals surface area contributed by atoms with Gasteiger partial charge in [-0.3, -0.25) is 0 Å². The highest BCUT2D eigenvalue weighted by Crippen LogP contribution is 2.51. The number of allylic oxidation sites excluding steroid dienone is 11. The van der Waals surface area contributed by atoms with Crippen molar-refractivity contribution in [3.63, 3.8) is 0 Å². The maximum Gasteiger partial charge on any atom is 0.0541 e. The summed E-state index contributed by atoms with van der Waals surface area (Å²) in [5.74, 6) is 0.858. The zero-order valence-electron chi connectivity index (χ0n) is 27.5. The summed E-state index contributed by atoms with van der Waals surface area (Å²) in [6.07, 6.45) is 32.7. The van der Waals surface area contributed by atoms with Gasteiger partial charge >= 0.3 is 0 Å². The molecule has 232 valence electrons. The normalized spacial score (nSPS) is 22.3. The van der Waals surface area contributed by atoms with Crippen molar-refractivity contribution < 1.29 is 0 Å². The summed E-state index contributed by atoms with van der Waals surface area (Å²) in [6.45, 7) is 4.76. The van der Waals surface area contributed by atoms with Gasteiger partial charge in [-0.2, -0.15) is 0 Å². The van der Waals surface area contributed by atoms with Crippen LogP contribution in [0.5, 0.6) is 0 Å². The highest BCUT2D eigenvalue weighted by atomic mass is 15.2. The van der Waals surface area contributed by atoms with Crippen molar-refractivity contribution in [2.24, 2.45) is 5.92 Å². The molecule has 2 atom stereocenters. The number of hydrogen-bond acceptors (Lipinski definition) is 1. The molecular weight excluding hydrogens is 569 g/mol. The molecule has 0 bridgehead atoms. The molecule has 2 heteroatoms. The summed E-state index contributed by atoms with van der Waals surface area (Å²) in [6, 6.07) is 25.5. The SMILES string of the molecule is CC1(C)C2=CCCC=C2N(c2ccc(-n3c4c(c5cc(C6C=CC=CC6)ccc53)=CC(C3=CCCC=C3)CC=4)cc2)c2ccccc21. The summed E-state index contributed by atoms with van der Waals surface area (Å²) in [5.41, 5.74) is 12.0. The molecule has 2 unspecified atom stereocenters. The molecule has 0 spiro atoms. The molecule has 4 aromatic rings. The summed E-state index contributed by atoms with van der Waals surface area (Å²) in [7, 11) is 0. The number of anilines is 2. The fraction of sp³-hybridized carbons (Fsp3) is 0.244. The van der Waals surface area contributed by atoms with Gasteiger partial charge < -0.3 is 9.47 Å². The Morgan fingerprint density at radius 1 is 0.723 bits per heavy atom. The molecule has 0 amide bonds. The lowest BCUT2D eigenvalue weighted by atomic mass is 9.70. The van der Waals surface area contributed by atoms with Crippen molar-refractivity contribution in [2.75, 3.05) is 4.90 Å². The van der Waals surface area contributed by atoms with Gasteiger partial charge in [-0.05, 0) is 103 Å². The number of nitrogens with zero attached hydrogens (tertiary/aromatic N) is 2. The predicted molar refractivity (Wildman–Crippen MR) is 199 cm³/mol. The lowest BCUT2D eigenvalue weighted by Crippen LogP contribution is -2.36. The standard InChI is InChI=1S/C45H42N2/c1-45(2)39-17-9-11-19-43(39)47(44-20-12-10-18-40(44)45)36-25-23-35(24-26-36)46-41-27-21-33(31-13-5-3-6-14-31)29-37(41)38-30-34(22-28-42(38)46)32-15-7-4-8-16-32/h3,5-7,9,11,13,15-21,23-31,34H,4,8,10,12,14,22H2,1-2H3. The molecule has 47 heavy (non-hydrogen) atoms. The molecule has 0 saturated carbocycles. The lowest BCUT2D eigenvalue weighted by Gasteiger charge is -2.45. The second-order valence-electron chi connectivity index (χ2n) is 14.2. The van der Waals surface area contributed by atoms with Crippen LogP contribution >= 0.6 is 0 Å². The van der Waals surface area contributed by atoms with Crippen LogP contribution < -0.4 is 15.5 Å². The first-order valence-electron chi connectivity index (χ1n) is 17.6. The number of rotatable bonds is 4. The molecule has 9 rings (SSSR count). The van der Waals surface area contributed by atoms with E-state index in [1.54, 1.807) is 0 Å². The molecule has 2 nitrogen and oxygen atoms in total. The van der Waals surface area contributed by atoms with Crippen LogP contribution in [0.4, 0.5) is 11.4 Å². The minimum atomic E-state index is -0.0153. The van der Waals surface area contributed by atoms with Gasteiger partial charge in [-0.25, -0.2) is 0 Å². The second-order valence-corrected chi connectivity index (χ2v) is 14.2. The van der Waals surface area contributed by atoms with Crippen molar-refractivity contribution in [3.05, 3.63) is 160 Å². The maximum atomic E-state index is 2.56. The Hall–Kier alpha value is -4.82. The fourth-order valence-corrected chi connectivity index (χ4v) is 8.66. The topological polar surface area (TPSA) is 8.17 Å². The summed E-state index contributed by atoms with van der Waals surface area (Å²) in [4.78, 5) is 2.49. The monoisotopic (exact) mass is 610 g/mol. The highest BCUT2D eigenvalue weighted by molar-refractivity contribution is 5.86. The molecule has 0 radical (unpaired) electrons. The maximum absolute atomic E-state index is 2.56. The van der Waals surface area contributed by atoms with Crippen molar-refractivity contribution in [1.82, 2.24) is 4.57 Å². The second kappa shape index (κ2) is 11.2. The first-order valence-corrected chi connectivity index (χ1v) is 17.6. The Morgan fingerprint density at radius 2 is 1.55 bits per heavy atom. The van der Waals surface area contributed by atoms with E-state index in [2.05, 4.69) is 157 Å². The van der Waals surface area contributed by atoms with Gasteiger partial charge in [0, 0.05) is 50.3 Å². The van der Waals surface area contributed by atoms with E-state index in [9.17, 15) is 0 Å². The van der Waals surface area contributed by atoms with Crippen LogP contribution in [0.25, 0.3) is 28.7 Å². The van der Waals surface area contributed by atoms with E-state index in [1.165, 1.54) is 66.5 Å². The van der Waals surface area contributed by atoms with E-state index in [1.807, 2.05) is 0 Å². The Balaban J connectivity index is 1.18. The van der Waals surface area contributed by atoms with Gasteiger partial charge in [0.25, 0.3) is 0 Å². The van der Waals surface area contributed by atoms with Crippen LogP contribution in [0.3, 0.4) is 0 Å². The van der Waals surface area contributed by atoms with Crippen LogP contribution in [0.15, 0.2) is 138 Å². The Bertz CT molecular complexity index is 2220. The van der Waals surface area contributed by atoms with Gasteiger partial charge in [0.2, 0.25) is 0 Å². The molecular formula is C45H42N2. The summed E-state index contributed by atoms with van der Waals surface area (Å²) in [5, 5.41) is 4.07. The molecule has 1 aliphatic heterocycles. The third-order valence-electron chi connectivity index (χ3n) is 11.1. The molecule has 3 aromatic carbocycles. The van der Waals surface area contributed by atoms with E-state index in [4.69, 9.17) is 0 Å².